The van der Waals surface area contributed by atoms with E-state index < -0.39 is 16.2 Å². The van der Waals surface area contributed by atoms with E-state index in [0.29, 0.717) is 19.4 Å². The van der Waals surface area contributed by atoms with Crippen LogP contribution in [0.25, 0.3) is 0 Å². The molecule has 1 fully saturated rings. The summed E-state index contributed by atoms with van der Waals surface area (Å²) in [5.41, 5.74) is 0. The van der Waals surface area contributed by atoms with Gasteiger partial charge in [0.05, 0.1) is 4.90 Å². The van der Waals surface area contributed by atoms with Crippen LogP contribution in [-0.2, 0) is 14.8 Å². The van der Waals surface area contributed by atoms with Crippen molar-refractivity contribution < 1.29 is 13.2 Å². The minimum Gasteiger partial charge on any atom is -0.211 e. The third-order valence-electron chi connectivity index (χ3n) is 2.72. The van der Waals surface area contributed by atoms with E-state index in [1.165, 1.54) is 22.5 Å². The van der Waals surface area contributed by atoms with E-state index in [0.717, 1.165) is 0 Å². The van der Waals surface area contributed by atoms with Gasteiger partial charge in [0, 0.05) is 6.54 Å². The quantitative estimate of drug-likeness (QED) is 0.598. The van der Waals surface area contributed by atoms with E-state index in [2.05, 4.69) is 4.99 Å². The molecule has 0 amide bonds. The summed E-state index contributed by atoms with van der Waals surface area (Å²) in [4.78, 5) is 14.0. The number of isocyanates is 1. The number of nitrogens with zero attached hydrogens (tertiary/aromatic N) is 2. The first-order chi connectivity index (χ1) is 8.16. The molecule has 1 heterocycles. The van der Waals surface area contributed by atoms with Crippen molar-refractivity contribution >= 4 is 16.1 Å². The van der Waals surface area contributed by atoms with Crippen LogP contribution in [0.1, 0.15) is 12.8 Å². The van der Waals surface area contributed by atoms with Gasteiger partial charge >= 0.3 is 0 Å². The van der Waals surface area contributed by atoms with Crippen molar-refractivity contribution in [1.29, 1.82) is 0 Å². The van der Waals surface area contributed by atoms with Gasteiger partial charge in [0.25, 0.3) is 0 Å². The lowest BCUT2D eigenvalue weighted by Crippen LogP contribution is -2.34. The van der Waals surface area contributed by atoms with Gasteiger partial charge in [-0.3, -0.25) is 0 Å². The zero-order valence-corrected chi connectivity index (χ0v) is 9.93. The number of sulfonamides is 1. The zero-order chi connectivity index (χ0) is 12.3. The molecule has 0 saturated carbocycles. The van der Waals surface area contributed by atoms with Gasteiger partial charge in [0.15, 0.2) is 0 Å². The Hall–Kier alpha value is -1.49. The molecule has 0 aromatic heterocycles. The molecule has 1 unspecified atom stereocenters. The van der Waals surface area contributed by atoms with Crippen molar-refractivity contribution in [3.05, 3.63) is 30.3 Å². The molecule has 90 valence electrons. The van der Waals surface area contributed by atoms with Crippen LogP contribution in [0.5, 0.6) is 0 Å². The highest BCUT2D eigenvalue weighted by Crippen LogP contribution is 2.26. The minimum atomic E-state index is -3.55. The molecular formula is C11H12N2O3S. The highest BCUT2D eigenvalue weighted by atomic mass is 32.2. The molecule has 6 heteroatoms. The average Bonchev–Trinajstić information content (AvgIpc) is 2.80. The maximum absolute atomic E-state index is 12.3. The SMILES string of the molecule is O=C=NC1CCCN1S(=O)(=O)c1ccccc1. The molecule has 17 heavy (non-hydrogen) atoms. The zero-order valence-electron chi connectivity index (χ0n) is 9.11. The van der Waals surface area contributed by atoms with Crippen molar-refractivity contribution in [3.63, 3.8) is 0 Å². The third kappa shape index (κ3) is 2.29. The molecule has 0 radical (unpaired) electrons. The first-order valence-electron chi connectivity index (χ1n) is 5.30. The molecule has 1 atom stereocenters. The summed E-state index contributed by atoms with van der Waals surface area (Å²) >= 11 is 0. The van der Waals surface area contributed by atoms with Crippen LogP contribution in [0.2, 0.25) is 0 Å². The Morgan fingerprint density at radius 3 is 2.65 bits per heavy atom. The monoisotopic (exact) mass is 252 g/mol. The molecule has 0 aliphatic carbocycles. The second-order valence-corrected chi connectivity index (χ2v) is 5.66. The Balaban J connectivity index is 2.36. The smallest absolute Gasteiger partial charge is 0.211 e. The molecule has 1 aromatic carbocycles. The molecule has 1 aromatic rings. The number of hydrogen-bond donors (Lipinski definition) is 0. The van der Waals surface area contributed by atoms with Crippen molar-refractivity contribution in [2.75, 3.05) is 6.54 Å². The minimum absolute atomic E-state index is 0.230. The fourth-order valence-corrected chi connectivity index (χ4v) is 3.53. The molecular weight excluding hydrogens is 240 g/mol. The molecule has 5 nitrogen and oxygen atoms in total. The number of benzene rings is 1. The van der Waals surface area contributed by atoms with Crippen LogP contribution < -0.4 is 0 Å². The fourth-order valence-electron chi connectivity index (χ4n) is 1.92. The summed E-state index contributed by atoms with van der Waals surface area (Å²) in [5.74, 6) is 0. The topological polar surface area (TPSA) is 66.8 Å². The van der Waals surface area contributed by atoms with Gasteiger partial charge in [-0.15, -0.1) is 0 Å². The van der Waals surface area contributed by atoms with Crippen LogP contribution >= 0.6 is 0 Å². The Labute approximate surface area is 99.8 Å². The second kappa shape index (κ2) is 4.79. The summed E-state index contributed by atoms with van der Waals surface area (Å²) in [7, 11) is -3.55. The molecule has 0 spiro atoms. The molecule has 1 aliphatic heterocycles. The molecule has 1 aliphatic rings. The van der Waals surface area contributed by atoms with E-state index in [9.17, 15) is 13.2 Å². The van der Waals surface area contributed by atoms with Gasteiger partial charge in [-0.1, -0.05) is 18.2 Å². The van der Waals surface area contributed by atoms with Gasteiger partial charge < -0.3 is 0 Å². The fraction of sp³-hybridized carbons (Fsp3) is 0.364. The van der Waals surface area contributed by atoms with Crippen LogP contribution in [0.15, 0.2) is 40.2 Å². The average molecular weight is 252 g/mol. The van der Waals surface area contributed by atoms with Crippen molar-refractivity contribution in [2.24, 2.45) is 4.99 Å². The maximum atomic E-state index is 12.3. The summed E-state index contributed by atoms with van der Waals surface area (Å²) in [6, 6.07) is 8.16. The van der Waals surface area contributed by atoms with Gasteiger partial charge in [-0.05, 0) is 25.0 Å². The highest BCUT2D eigenvalue weighted by Gasteiger charge is 2.35. The Bertz CT molecular complexity index is 535. The van der Waals surface area contributed by atoms with E-state index >= 15 is 0 Å². The van der Waals surface area contributed by atoms with Crippen LogP contribution in [-0.4, -0.2) is 31.5 Å². The second-order valence-electron chi connectivity index (χ2n) is 3.77. The lowest BCUT2D eigenvalue weighted by atomic mass is 10.3. The summed E-state index contributed by atoms with van der Waals surface area (Å²) in [6.07, 6.45) is 2.11. The van der Waals surface area contributed by atoms with Crippen LogP contribution in [0.4, 0.5) is 0 Å². The number of carbonyl (C=O) groups excluding carboxylic acids is 1. The Kier molecular flexibility index (Phi) is 3.38. The first-order valence-corrected chi connectivity index (χ1v) is 6.74. The molecule has 2 rings (SSSR count). The van der Waals surface area contributed by atoms with Crippen molar-refractivity contribution in [3.8, 4) is 0 Å². The summed E-state index contributed by atoms with van der Waals surface area (Å²) < 4.78 is 25.8. The van der Waals surface area contributed by atoms with Crippen molar-refractivity contribution in [1.82, 2.24) is 4.31 Å². The first kappa shape index (κ1) is 12.0. The van der Waals surface area contributed by atoms with E-state index in [4.69, 9.17) is 0 Å². The molecule has 0 N–H and O–H groups in total. The van der Waals surface area contributed by atoms with Crippen molar-refractivity contribution in [2.45, 2.75) is 23.9 Å². The number of aliphatic imine (C=N–C) groups is 1. The predicted molar refractivity (Wildman–Crippen MR) is 61.5 cm³/mol. The predicted octanol–water partition coefficient (Wildman–Crippen LogP) is 1.13. The largest absolute Gasteiger partial charge is 0.244 e. The number of rotatable bonds is 3. The van der Waals surface area contributed by atoms with E-state index in [1.54, 1.807) is 18.2 Å². The van der Waals surface area contributed by atoms with Gasteiger partial charge in [-0.25, -0.2) is 13.2 Å². The lowest BCUT2D eigenvalue weighted by Gasteiger charge is -2.19. The van der Waals surface area contributed by atoms with E-state index in [1.807, 2.05) is 0 Å². The summed E-state index contributed by atoms with van der Waals surface area (Å²) in [6.45, 7) is 0.396. The normalized spacial score (nSPS) is 21.1. The number of hydrogen-bond acceptors (Lipinski definition) is 4. The van der Waals surface area contributed by atoms with E-state index in [-0.39, 0.29) is 4.90 Å². The highest BCUT2D eigenvalue weighted by molar-refractivity contribution is 7.89. The third-order valence-corrected chi connectivity index (χ3v) is 4.64. The summed E-state index contributed by atoms with van der Waals surface area (Å²) in [5, 5.41) is 0. The van der Waals surface area contributed by atoms with Gasteiger partial charge in [0.1, 0.15) is 6.17 Å². The lowest BCUT2D eigenvalue weighted by molar-refractivity contribution is 0.395. The standard InChI is InChI=1S/C11H12N2O3S/c14-9-12-11-7-4-8-13(11)17(15,16)10-5-2-1-3-6-10/h1-3,5-6,11H,4,7-8H2. The van der Waals surface area contributed by atoms with Crippen LogP contribution in [0, 0.1) is 0 Å². The maximum Gasteiger partial charge on any atom is 0.244 e. The van der Waals surface area contributed by atoms with Crippen LogP contribution in [0.3, 0.4) is 0 Å². The van der Waals surface area contributed by atoms with Gasteiger partial charge in [-0.2, -0.15) is 9.30 Å². The Morgan fingerprint density at radius 1 is 1.29 bits per heavy atom. The molecule has 0 bridgehead atoms. The van der Waals surface area contributed by atoms with Gasteiger partial charge in [0.2, 0.25) is 16.1 Å². The Morgan fingerprint density at radius 2 is 2.00 bits per heavy atom. The molecule has 1 saturated heterocycles.